The van der Waals surface area contributed by atoms with E-state index in [1.165, 1.54) is 18.2 Å². The molecule has 0 unspecified atom stereocenters. The number of esters is 1. The molecule has 2 aromatic carbocycles. The minimum atomic E-state index is -0.964. The molecule has 6 heteroatoms. The number of allylic oxidation sites excluding steroid dienone is 2. The average molecular weight is 398 g/mol. The third kappa shape index (κ3) is 4.31. The van der Waals surface area contributed by atoms with Crippen LogP contribution in [0.3, 0.4) is 0 Å². The fourth-order valence-electron chi connectivity index (χ4n) is 3.66. The average Bonchev–Trinajstić information content (AvgIpc) is 2.73. The predicted octanol–water partition coefficient (Wildman–Crippen LogP) is 4.16. The van der Waals surface area contributed by atoms with Gasteiger partial charge in [0.1, 0.15) is 23.2 Å². The van der Waals surface area contributed by atoms with Crippen molar-refractivity contribution in [3.8, 4) is 11.5 Å². The molecule has 0 saturated heterocycles. The molecule has 152 valence electrons. The fourth-order valence-corrected chi connectivity index (χ4v) is 3.66. The second-order valence-electron chi connectivity index (χ2n) is 6.73. The summed E-state index contributed by atoms with van der Waals surface area (Å²) in [5, 5.41) is 0. The first-order chi connectivity index (χ1) is 14.0. The van der Waals surface area contributed by atoms with Crippen LogP contribution in [-0.2, 0) is 14.3 Å². The van der Waals surface area contributed by atoms with Crippen molar-refractivity contribution >= 4 is 17.3 Å². The fraction of sp³-hybridized carbons (Fsp3) is 0.304. The van der Waals surface area contributed by atoms with Crippen LogP contribution in [-0.4, -0.2) is 32.6 Å². The van der Waals surface area contributed by atoms with Gasteiger partial charge in [-0.05, 0) is 54.8 Å². The van der Waals surface area contributed by atoms with Gasteiger partial charge in [-0.3, -0.25) is 9.59 Å². The highest BCUT2D eigenvalue weighted by Crippen LogP contribution is 2.43. The number of carbonyl (C=O) groups excluding carboxylic acids is 2. The molecule has 0 N–H and O–H groups in total. The van der Waals surface area contributed by atoms with Crippen LogP contribution in [0.4, 0.5) is 4.39 Å². The maximum Gasteiger partial charge on any atom is 0.317 e. The number of ketones is 1. The van der Waals surface area contributed by atoms with Crippen LogP contribution in [0.25, 0.3) is 5.57 Å². The normalized spacial score (nSPS) is 18.8. The summed E-state index contributed by atoms with van der Waals surface area (Å²) in [5.41, 5.74) is 2.19. The zero-order valence-corrected chi connectivity index (χ0v) is 16.6. The molecule has 5 nitrogen and oxygen atoms in total. The standard InChI is InChI=1S/C23H23FO5/c1-4-29-23(26)22-19(14-5-7-16(24)8-6-14)11-15(12-20(22)25)18-10-9-17(27-2)13-21(18)28-3/h5-10,12-13,19,22H,4,11H2,1-3H3/t19-,22-/m0/s1. The van der Waals surface area contributed by atoms with E-state index in [1.54, 1.807) is 45.4 Å². The quantitative estimate of drug-likeness (QED) is 0.540. The van der Waals surface area contributed by atoms with Crippen LogP contribution in [0.5, 0.6) is 11.5 Å². The third-order valence-corrected chi connectivity index (χ3v) is 5.06. The third-order valence-electron chi connectivity index (χ3n) is 5.06. The number of hydrogen-bond acceptors (Lipinski definition) is 5. The van der Waals surface area contributed by atoms with Gasteiger partial charge < -0.3 is 14.2 Å². The van der Waals surface area contributed by atoms with Gasteiger partial charge in [0.2, 0.25) is 0 Å². The number of rotatable bonds is 6. The lowest BCUT2D eigenvalue weighted by Crippen LogP contribution is -2.34. The molecule has 0 amide bonds. The molecule has 0 radical (unpaired) electrons. The second-order valence-corrected chi connectivity index (χ2v) is 6.73. The van der Waals surface area contributed by atoms with Crippen molar-refractivity contribution in [2.75, 3.05) is 20.8 Å². The molecule has 0 aromatic heterocycles. The summed E-state index contributed by atoms with van der Waals surface area (Å²) in [6.07, 6.45) is 1.88. The Morgan fingerprint density at radius 1 is 1.10 bits per heavy atom. The van der Waals surface area contributed by atoms with Crippen molar-refractivity contribution in [3.05, 3.63) is 65.5 Å². The highest BCUT2D eigenvalue weighted by Gasteiger charge is 2.40. The van der Waals surface area contributed by atoms with E-state index < -0.39 is 17.8 Å². The molecule has 0 fully saturated rings. The second kappa shape index (κ2) is 8.90. The minimum Gasteiger partial charge on any atom is -0.497 e. The minimum absolute atomic E-state index is 0.182. The van der Waals surface area contributed by atoms with E-state index in [-0.39, 0.29) is 18.2 Å². The lowest BCUT2D eigenvalue weighted by molar-refractivity contribution is -0.151. The molecule has 0 heterocycles. The van der Waals surface area contributed by atoms with Crippen LogP contribution >= 0.6 is 0 Å². The number of hydrogen-bond donors (Lipinski definition) is 0. The Labute approximate surface area is 169 Å². The summed E-state index contributed by atoms with van der Waals surface area (Å²) in [4.78, 5) is 25.5. The summed E-state index contributed by atoms with van der Waals surface area (Å²) in [6.45, 7) is 1.88. The number of carbonyl (C=O) groups is 2. The Bertz CT molecular complexity index is 933. The first kappa shape index (κ1) is 20.6. The van der Waals surface area contributed by atoms with Gasteiger partial charge in [0.25, 0.3) is 0 Å². The Hall–Kier alpha value is -3.15. The number of methoxy groups -OCH3 is 2. The topological polar surface area (TPSA) is 61.8 Å². The van der Waals surface area contributed by atoms with Crippen molar-refractivity contribution in [1.82, 2.24) is 0 Å². The predicted molar refractivity (Wildman–Crippen MR) is 106 cm³/mol. The largest absolute Gasteiger partial charge is 0.497 e. The van der Waals surface area contributed by atoms with Crippen molar-refractivity contribution in [1.29, 1.82) is 0 Å². The van der Waals surface area contributed by atoms with Crippen LogP contribution < -0.4 is 9.47 Å². The lowest BCUT2D eigenvalue weighted by atomic mass is 9.73. The monoisotopic (exact) mass is 398 g/mol. The Morgan fingerprint density at radius 2 is 1.83 bits per heavy atom. The Kier molecular flexibility index (Phi) is 6.32. The van der Waals surface area contributed by atoms with Gasteiger partial charge in [0.15, 0.2) is 5.78 Å². The van der Waals surface area contributed by atoms with E-state index in [1.807, 2.05) is 6.07 Å². The van der Waals surface area contributed by atoms with Gasteiger partial charge in [-0.1, -0.05) is 12.1 Å². The maximum absolute atomic E-state index is 13.4. The smallest absolute Gasteiger partial charge is 0.317 e. The van der Waals surface area contributed by atoms with E-state index in [9.17, 15) is 14.0 Å². The molecular weight excluding hydrogens is 375 g/mol. The van der Waals surface area contributed by atoms with Crippen molar-refractivity contribution in [2.45, 2.75) is 19.3 Å². The van der Waals surface area contributed by atoms with E-state index in [0.29, 0.717) is 23.5 Å². The van der Waals surface area contributed by atoms with Crippen LogP contribution in [0.1, 0.15) is 30.4 Å². The SMILES string of the molecule is CCOC(=O)[C@@H]1C(=O)C=C(c2ccc(OC)cc2OC)C[C@H]1c1ccc(F)cc1. The summed E-state index contributed by atoms with van der Waals surface area (Å²) >= 11 is 0. The molecule has 0 spiro atoms. The van der Waals surface area contributed by atoms with E-state index >= 15 is 0 Å². The van der Waals surface area contributed by atoms with Gasteiger partial charge >= 0.3 is 5.97 Å². The van der Waals surface area contributed by atoms with Crippen LogP contribution in [0.2, 0.25) is 0 Å². The van der Waals surface area contributed by atoms with Crippen LogP contribution in [0.15, 0.2) is 48.5 Å². The summed E-state index contributed by atoms with van der Waals surface area (Å²) in [7, 11) is 3.11. The van der Waals surface area contributed by atoms with Crippen molar-refractivity contribution < 1.29 is 28.2 Å². The Morgan fingerprint density at radius 3 is 2.45 bits per heavy atom. The number of benzene rings is 2. The maximum atomic E-state index is 13.4. The molecule has 3 rings (SSSR count). The zero-order valence-electron chi connectivity index (χ0n) is 16.6. The molecule has 2 aromatic rings. The molecule has 1 aliphatic rings. The number of ether oxygens (including phenoxy) is 3. The first-order valence-electron chi connectivity index (χ1n) is 9.37. The van der Waals surface area contributed by atoms with Gasteiger partial charge in [-0.2, -0.15) is 0 Å². The Balaban J connectivity index is 2.05. The zero-order chi connectivity index (χ0) is 21.0. The van der Waals surface area contributed by atoms with Crippen LogP contribution in [0, 0.1) is 11.7 Å². The lowest BCUT2D eigenvalue weighted by Gasteiger charge is -2.30. The molecule has 0 aliphatic heterocycles. The summed E-state index contributed by atoms with van der Waals surface area (Å²) in [6, 6.07) is 11.2. The molecule has 0 saturated carbocycles. The van der Waals surface area contributed by atoms with Gasteiger partial charge in [-0.25, -0.2) is 4.39 Å². The molecule has 2 atom stereocenters. The van der Waals surface area contributed by atoms with E-state index in [4.69, 9.17) is 14.2 Å². The first-order valence-corrected chi connectivity index (χ1v) is 9.37. The van der Waals surface area contributed by atoms with Gasteiger partial charge in [-0.15, -0.1) is 0 Å². The van der Waals surface area contributed by atoms with Gasteiger partial charge in [0.05, 0.1) is 20.8 Å². The number of halogens is 1. The molecular formula is C23H23FO5. The summed E-state index contributed by atoms with van der Waals surface area (Å²) < 4.78 is 29.3. The highest BCUT2D eigenvalue weighted by atomic mass is 19.1. The molecule has 0 bridgehead atoms. The van der Waals surface area contributed by atoms with Gasteiger partial charge in [0, 0.05) is 17.5 Å². The van der Waals surface area contributed by atoms with Crippen molar-refractivity contribution in [2.24, 2.45) is 5.92 Å². The van der Waals surface area contributed by atoms with E-state index in [2.05, 4.69) is 0 Å². The van der Waals surface area contributed by atoms with Crippen molar-refractivity contribution in [3.63, 3.8) is 0 Å². The van der Waals surface area contributed by atoms with E-state index in [0.717, 1.165) is 11.1 Å². The molecule has 1 aliphatic carbocycles. The highest BCUT2D eigenvalue weighted by molar-refractivity contribution is 6.11. The molecule has 29 heavy (non-hydrogen) atoms. The summed E-state index contributed by atoms with van der Waals surface area (Å²) in [5.74, 6) is -1.51.